The number of aryl methyl sites for hydroxylation is 1. The van der Waals surface area contributed by atoms with Crippen LogP contribution in [0.1, 0.15) is 25.0 Å². The molecule has 0 unspecified atom stereocenters. The molecule has 0 amide bonds. The highest BCUT2D eigenvalue weighted by molar-refractivity contribution is 9.09. The van der Waals surface area contributed by atoms with Gasteiger partial charge in [-0.1, -0.05) is 54.0 Å². The normalized spacial score (nSPS) is 11.7. The summed E-state index contributed by atoms with van der Waals surface area (Å²) in [5.74, 6) is 0. The summed E-state index contributed by atoms with van der Waals surface area (Å²) < 4.78 is 0. The Kier molecular flexibility index (Phi) is 2.94. The molecule has 0 bridgehead atoms. The van der Waals surface area contributed by atoms with E-state index in [1.165, 1.54) is 11.1 Å². The summed E-state index contributed by atoms with van der Waals surface area (Å²) >= 11 is 3.54. The summed E-state index contributed by atoms with van der Waals surface area (Å²) in [7, 11) is 0. The minimum Gasteiger partial charge on any atom is -0.0919 e. The molecule has 1 aromatic rings. The van der Waals surface area contributed by atoms with Crippen molar-refractivity contribution < 1.29 is 0 Å². The van der Waals surface area contributed by atoms with Crippen molar-refractivity contribution >= 4 is 15.9 Å². The maximum absolute atomic E-state index is 3.54. The predicted octanol–water partition coefficient (Wildman–Crippen LogP) is 3.67. The maximum atomic E-state index is 3.54. The Labute approximate surface area is 83.1 Å². The van der Waals surface area contributed by atoms with Gasteiger partial charge in [0.1, 0.15) is 0 Å². The van der Waals surface area contributed by atoms with Crippen LogP contribution in [0.4, 0.5) is 0 Å². The molecule has 0 nitrogen and oxygen atoms in total. The van der Waals surface area contributed by atoms with Crippen molar-refractivity contribution in [3.63, 3.8) is 0 Å². The van der Waals surface area contributed by atoms with Gasteiger partial charge >= 0.3 is 0 Å². The highest BCUT2D eigenvalue weighted by Crippen LogP contribution is 2.27. The van der Waals surface area contributed by atoms with Crippen molar-refractivity contribution in [1.82, 2.24) is 0 Å². The lowest BCUT2D eigenvalue weighted by Crippen LogP contribution is -2.19. The molecule has 0 radical (unpaired) electrons. The zero-order chi connectivity index (χ0) is 9.19. The first-order valence-electron chi connectivity index (χ1n) is 4.20. The molecule has 1 heteroatoms. The largest absolute Gasteiger partial charge is 0.0919 e. The molecule has 0 aliphatic rings. The van der Waals surface area contributed by atoms with Gasteiger partial charge in [-0.05, 0) is 23.5 Å². The standard InChI is InChI=1S/C11H15Br/c1-9-6-4-5-7-10(9)11(2,3)8-12/h4-7H,8H2,1-3H3. The van der Waals surface area contributed by atoms with Gasteiger partial charge in [-0.25, -0.2) is 0 Å². The molecule has 0 saturated carbocycles. The fourth-order valence-electron chi connectivity index (χ4n) is 1.40. The first kappa shape index (κ1) is 9.79. The summed E-state index contributed by atoms with van der Waals surface area (Å²) in [6.07, 6.45) is 0. The van der Waals surface area contributed by atoms with Crippen molar-refractivity contribution in [3.05, 3.63) is 35.4 Å². The Morgan fingerprint density at radius 1 is 1.25 bits per heavy atom. The van der Waals surface area contributed by atoms with E-state index in [-0.39, 0.29) is 5.41 Å². The number of alkyl halides is 1. The molecule has 0 N–H and O–H groups in total. The van der Waals surface area contributed by atoms with E-state index in [1.54, 1.807) is 0 Å². The smallest absolute Gasteiger partial charge is 0.0123 e. The second-order valence-electron chi connectivity index (χ2n) is 3.83. The second-order valence-corrected chi connectivity index (χ2v) is 4.39. The Balaban J connectivity index is 3.10. The molecule has 12 heavy (non-hydrogen) atoms. The van der Waals surface area contributed by atoms with E-state index in [4.69, 9.17) is 0 Å². The predicted molar refractivity (Wildman–Crippen MR) is 58.0 cm³/mol. The van der Waals surface area contributed by atoms with Crippen LogP contribution in [-0.4, -0.2) is 5.33 Å². The van der Waals surface area contributed by atoms with Crippen LogP contribution in [0.25, 0.3) is 0 Å². The summed E-state index contributed by atoms with van der Waals surface area (Å²) in [4.78, 5) is 0. The minimum atomic E-state index is 0.241. The monoisotopic (exact) mass is 226 g/mol. The molecule has 0 aliphatic heterocycles. The van der Waals surface area contributed by atoms with Crippen LogP contribution in [0.3, 0.4) is 0 Å². The van der Waals surface area contributed by atoms with E-state index in [2.05, 4.69) is 61.0 Å². The zero-order valence-corrected chi connectivity index (χ0v) is 9.48. The van der Waals surface area contributed by atoms with Gasteiger partial charge in [-0.15, -0.1) is 0 Å². The van der Waals surface area contributed by atoms with Crippen LogP contribution >= 0.6 is 15.9 Å². The Hall–Kier alpha value is -0.300. The molecule has 0 aliphatic carbocycles. The first-order chi connectivity index (χ1) is 5.58. The van der Waals surface area contributed by atoms with E-state index < -0.39 is 0 Å². The Morgan fingerprint density at radius 3 is 2.33 bits per heavy atom. The van der Waals surface area contributed by atoms with Gasteiger partial charge in [0.05, 0.1) is 0 Å². The summed E-state index contributed by atoms with van der Waals surface area (Å²) in [5, 5.41) is 1.00. The van der Waals surface area contributed by atoms with Gasteiger partial charge in [0.25, 0.3) is 0 Å². The third kappa shape index (κ3) is 1.89. The van der Waals surface area contributed by atoms with Gasteiger partial charge in [-0.2, -0.15) is 0 Å². The van der Waals surface area contributed by atoms with E-state index >= 15 is 0 Å². The summed E-state index contributed by atoms with van der Waals surface area (Å²) in [5.41, 5.74) is 3.05. The van der Waals surface area contributed by atoms with Crippen molar-refractivity contribution in [2.75, 3.05) is 5.33 Å². The number of rotatable bonds is 2. The average Bonchev–Trinajstić information content (AvgIpc) is 2.05. The van der Waals surface area contributed by atoms with Crippen molar-refractivity contribution in [2.45, 2.75) is 26.2 Å². The van der Waals surface area contributed by atoms with E-state index in [1.807, 2.05) is 0 Å². The lowest BCUT2D eigenvalue weighted by molar-refractivity contribution is 0.602. The lowest BCUT2D eigenvalue weighted by atomic mass is 9.84. The van der Waals surface area contributed by atoms with Crippen LogP contribution in [0, 0.1) is 6.92 Å². The third-order valence-electron chi connectivity index (χ3n) is 2.21. The lowest BCUT2D eigenvalue weighted by Gasteiger charge is -2.24. The number of hydrogen-bond donors (Lipinski definition) is 0. The molecule has 1 aromatic carbocycles. The molecule has 0 saturated heterocycles. The molecule has 66 valence electrons. The minimum absolute atomic E-state index is 0.241. The van der Waals surface area contributed by atoms with E-state index in [0.29, 0.717) is 0 Å². The molecule has 0 heterocycles. The highest BCUT2D eigenvalue weighted by atomic mass is 79.9. The van der Waals surface area contributed by atoms with E-state index in [9.17, 15) is 0 Å². The van der Waals surface area contributed by atoms with Crippen molar-refractivity contribution in [1.29, 1.82) is 0 Å². The zero-order valence-electron chi connectivity index (χ0n) is 7.89. The molecule has 1 rings (SSSR count). The molecule has 0 fully saturated rings. The van der Waals surface area contributed by atoms with Crippen LogP contribution in [0.15, 0.2) is 24.3 Å². The van der Waals surface area contributed by atoms with Gasteiger partial charge < -0.3 is 0 Å². The van der Waals surface area contributed by atoms with Gasteiger partial charge in [0, 0.05) is 5.33 Å². The maximum Gasteiger partial charge on any atom is 0.0123 e. The SMILES string of the molecule is Cc1ccccc1C(C)(C)CBr. The van der Waals surface area contributed by atoms with Crippen LogP contribution < -0.4 is 0 Å². The number of hydrogen-bond acceptors (Lipinski definition) is 0. The molecule has 0 aromatic heterocycles. The molecular weight excluding hydrogens is 212 g/mol. The van der Waals surface area contributed by atoms with Gasteiger partial charge in [-0.3, -0.25) is 0 Å². The Bertz CT molecular complexity index is 263. The average molecular weight is 227 g/mol. The molecular formula is C11H15Br. The first-order valence-corrected chi connectivity index (χ1v) is 5.32. The van der Waals surface area contributed by atoms with Crippen molar-refractivity contribution in [2.24, 2.45) is 0 Å². The van der Waals surface area contributed by atoms with Crippen LogP contribution in [-0.2, 0) is 5.41 Å². The fourth-order valence-corrected chi connectivity index (χ4v) is 1.71. The quantitative estimate of drug-likeness (QED) is 0.676. The van der Waals surface area contributed by atoms with Crippen LogP contribution in [0.5, 0.6) is 0 Å². The summed E-state index contributed by atoms with van der Waals surface area (Å²) in [6.45, 7) is 6.67. The van der Waals surface area contributed by atoms with Crippen LogP contribution in [0.2, 0.25) is 0 Å². The second kappa shape index (κ2) is 3.61. The van der Waals surface area contributed by atoms with Gasteiger partial charge in [0.2, 0.25) is 0 Å². The fraction of sp³-hybridized carbons (Fsp3) is 0.455. The molecule has 0 atom stereocenters. The number of benzene rings is 1. The topological polar surface area (TPSA) is 0 Å². The van der Waals surface area contributed by atoms with Gasteiger partial charge in [0.15, 0.2) is 0 Å². The number of halogens is 1. The third-order valence-corrected chi connectivity index (χ3v) is 3.61. The summed E-state index contributed by atoms with van der Waals surface area (Å²) in [6, 6.07) is 8.56. The molecule has 0 spiro atoms. The van der Waals surface area contributed by atoms with E-state index in [0.717, 1.165) is 5.33 Å². The highest BCUT2D eigenvalue weighted by Gasteiger charge is 2.19. The van der Waals surface area contributed by atoms with Crippen molar-refractivity contribution in [3.8, 4) is 0 Å². The Morgan fingerprint density at radius 2 is 1.83 bits per heavy atom.